The van der Waals surface area contributed by atoms with E-state index in [9.17, 15) is 0 Å². The van der Waals surface area contributed by atoms with Gasteiger partial charge in [0.15, 0.2) is 0 Å². The fourth-order valence-corrected chi connectivity index (χ4v) is 2.11. The third kappa shape index (κ3) is 8.47. The van der Waals surface area contributed by atoms with E-state index in [1.807, 2.05) is 11.8 Å². The minimum absolute atomic E-state index is 0.660. The topological polar surface area (TPSA) is 12.0 Å². The predicted octanol–water partition coefficient (Wildman–Crippen LogP) is 2.91. The zero-order chi connectivity index (χ0) is 10.6. The van der Waals surface area contributed by atoms with E-state index in [1.165, 1.54) is 24.3 Å². The molecule has 0 fully saturated rings. The molecule has 0 bridgehead atoms. The third-order valence-electron chi connectivity index (χ3n) is 2.08. The molecule has 0 heterocycles. The van der Waals surface area contributed by atoms with E-state index < -0.39 is 0 Å². The first-order valence-electron chi connectivity index (χ1n) is 5.59. The largest absolute Gasteiger partial charge is 0.313 e. The SMILES string of the molecule is C#CCCCC(CSCC)NCCC. The van der Waals surface area contributed by atoms with E-state index >= 15 is 0 Å². The van der Waals surface area contributed by atoms with Crippen LogP contribution in [0, 0.1) is 12.3 Å². The molecule has 0 saturated carbocycles. The minimum atomic E-state index is 0.660. The molecule has 1 N–H and O–H groups in total. The van der Waals surface area contributed by atoms with E-state index in [2.05, 4.69) is 25.1 Å². The van der Waals surface area contributed by atoms with Crippen molar-refractivity contribution in [1.29, 1.82) is 0 Å². The normalized spacial score (nSPS) is 12.4. The maximum Gasteiger partial charge on any atom is 0.0158 e. The summed E-state index contributed by atoms with van der Waals surface area (Å²) < 4.78 is 0. The van der Waals surface area contributed by atoms with Crippen molar-refractivity contribution in [3.8, 4) is 12.3 Å². The van der Waals surface area contributed by atoms with Gasteiger partial charge in [-0.1, -0.05) is 13.8 Å². The summed E-state index contributed by atoms with van der Waals surface area (Å²) in [5.41, 5.74) is 0. The molecule has 14 heavy (non-hydrogen) atoms. The first-order chi connectivity index (χ1) is 6.85. The van der Waals surface area contributed by atoms with Gasteiger partial charge in [-0.15, -0.1) is 12.3 Å². The lowest BCUT2D eigenvalue weighted by Gasteiger charge is -2.17. The van der Waals surface area contributed by atoms with Crippen LogP contribution in [0.25, 0.3) is 0 Å². The van der Waals surface area contributed by atoms with Crippen LogP contribution in [-0.2, 0) is 0 Å². The quantitative estimate of drug-likeness (QED) is 0.467. The van der Waals surface area contributed by atoms with Crippen molar-refractivity contribution in [2.24, 2.45) is 0 Å². The summed E-state index contributed by atoms with van der Waals surface area (Å²) in [7, 11) is 0. The van der Waals surface area contributed by atoms with Gasteiger partial charge in [-0.3, -0.25) is 0 Å². The molecule has 0 aliphatic heterocycles. The zero-order valence-electron chi connectivity index (χ0n) is 9.51. The van der Waals surface area contributed by atoms with Gasteiger partial charge in [0.2, 0.25) is 0 Å². The van der Waals surface area contributed by atoms with Gasteiger partial charge in [-0.05, 0) is 31.6 Å². The molecular formula is C12H23NS. The lowest BCUT2D eigenvalue weighted by Crippen LogP contribution is -2.32. The molecule has 0 radical (unpaired) electrons. The van der Waals surface area contributed by atoms with E-state index in [0.29, 0.717) is 6.04 Å². The van der Waals surface area contributed by atoms with Gasteiger partial charge in [-0.2, -0.15) is 11.8 Å². The average Bonchev–Trinajstić information content (AvgIpc) is 2.21. The Kier molecular flexibility index (Phi) is 10.8. The number of rotatable bonds is 9. The summed E-state index contributed by atoms with van der Waals surface area (Å²) in [6, 6.07) is 0.660. The van der Waals surface area contributed by atoms with Crippen molar-refractivity contribution >= 4 is 11.8 Å². The van der Waals surface area contributed by atoms with Crippen LogP contribution in [0.3, 0.4) is 0 Å². The number of hydrogen-bond donors (Lipinski definition) is 1. The summed E-state index contributed by atoms with van der Waals surface area (Å²) >= 11 is 2.01. The van der Waals surface area contributed by atoms with Gasteiger partial charge >= 0.3 is 0 Å². The number of thioether (sulfide) groups is 1. The van der Waals surface area contributed by atoms with Crippen LogP contribution < -0.4 is 5.32 Å². The van der Waals surface area contributed by atoms with Crippen molar-refractivity contribution in [3.63, 3.8) is 0 Å². The second kappa shape index (κ2) is 10.9. The number of unbranched alkanes of at least 4 members (excludes halogenated alkanes) is 1. The zero-order valence-corrected chi connectivity index (χ0v) is 10.3. The lowest BCUT2D eigenvalue weighted by molar-refractivity contribution is 0.508. The van der Waals surface area contributed by atoms with E-state index in [-0.39, 0.29) is 0 Å². The molecule has 0 spiro atoms. The molecule has 0 saturated heterocycles. The Morgan fingerprint density at radius 1 is 1.43 bits per heavy atom. The van der Waals surface area contributed by atoms with Crippen molar-refractivity contribution in [2.75, 3.05) is 18.1 Å². The average molecular weight is 213 g/mol. The maximum atomic E-state index is 5.24. The molecule has 1 atom stereocenters. The predicted molar refractivity (Wildman–Crippen MR) is 67.8 cm³/mol. The fourth-order valence-electron chi connectivity index (χ4n) is 1.30. The molecule has 0 rings (SSSR count). The van der Waals surface area contributed by atoms with Crippen molar-refractivity contribution < 1.29 is 0 Å². The van der Waals surface area contributed by atoms with Gasteiger partial charge in [0.25, 0.3) is 0 Å². The molecule has 0 aliphatic carbocycles. The van der Waals surface area contributed by atoms with Crippen molar-refractivity contribution in [1.82, 2.24) is 5.32 Å². The van der Waals surface area contributed by atoms with Crippen LogP contribution in [0.4, 0.5) is 0 Å². The Morgan fingerprint density at radius 3 is 2.79 bits per heavy atom. The van der Waals surface area contributed by atoms with Crippen LogP contribution in [-0.4, -0.2) is 24.1 Å². The van der Waals surface area contributed by atoms with E-state index in [1.54, 1.807) is 0 Å². The summed E-state index contributed by atoms with van der Waals surface area (Å²) in [6.45, 7) is 5.55. The van der Waals surface area contributed by atoms with Gasteiger partial charge in [0.1, 0.15) is 0 Å². The standard InChI is InChI=1S/C12H23NS/c1-4-7-8-9-12(11-14-6-3)13-10-5-2/h1,12-13H,5-11H2,2-3H3. The molecule has 0 aromatic rings. The van der Waals surface area contributed by atoms with Crippen LogP contribution in [0.5, 0.6) is 0 Å². The van der Waals surface area contributed by atoms with Gasteiger partial charge in [-0.25, -0.2) is 0 Å². The highest BCUT2D eigenvalue weighted by molar-refractivity contribution is 7.99. The molecule has 82 valence electrons. The second-order valence-electron chi connectivity index (χ2n) is 3.41. The van der Waals surface area contributed by atoms with E-state index in [4.69, 9.17) is 6.42 Å². The molecule has 0 aromatic carbocycles. The minimum Gasteiger partial charge on any atom is -0.313 e. The molecule has 0 aliphatic rings. The van der Waals surface area contributed by atoms with Crippen LogP contribution in [0.1, 0.15) is 39.5 Å². The Labute approximate surface area is 93.4 Å². The summed E-state index contributed by atoms with van der Waals surface area (Å²) in [5.74, 6) is 5.13. The molecule has 0 aromatic heterocycles. The maximum absolute atomic E-state index is 5.24. The Balaban J connectivity index is 3.56. The smallest absolute Gasteiger partial charge is 0.0158 e. The first-order valence-corrected chi connectivity index (χ1v) is 6.75. The number of nitrogens with one attached hydrogen (secondary N) is 1. The summed E-state index contributed by atoms with van der Waals surface area (Å²) in [5, 5.41) is 3.57. The van der Waals surface area contributed by atoms with Crippen LogP contribution in [0.2, 0.25) is 0 Å². The van der Waals surface area contributed by atoms with Gasteiger partial charge in [0.05, 0.1) is 0 Å². The summed E-state index contributed by atoms with van der Waals surface area (Å²) in [6.07, 6.45) is 9.74. The Bertz CT molecular complexity index is 143. The van der Waals surface area contributed by atoms with Gasteiger partial charge in [0, 0.05) is 18.2 Å². The molecule has 2 heteroatoms. The third-order valence-corrected chi connectivity index (χ3v) is 3.13. The molecule has 1 nitrogen and oxygen atoms in total. The van der Waals surface area contributed by atoms with Crippen LogP contribution in [0.15, 0.2) is 0 Å². The van der Waals surface area contributed by atoms with Crippen molar-refractivity contribution in [2.45, 2.75) is 45.6 Å². The molecule has 0 amide bonds. The first kappa shape index (κ1) is 13.9. The Morgan fingerprint density at radius 2 is 2.21 bits per heavy atom. The molecular weight excluding hydrogens is 190 g/mol. The summed E-state index contributed by atoms with van der Waals surface area (Å²) in [4.78, 5) is 0. The fraction of sp³-hybridized carbons (Fsp3) is 0.833. The van der Waals surface area contributed by atoms with Gasteiger partial charge < -0.3 is 5.32 Å². The highest BCUT2D eigenvalue weighted by Gasteiger charge is 2.05. The van der Waals surface area contributed by atoms with E-state index in [0.717, 1.165) is 19.4 Å². The highest BCUT2D eigenvalue weighted by Crippen LogP contribution is 2.08. The monoisotopic (exact) mass is 213 g/mol. The highest BCUT2D eigenvalue weighted by atomic mass is 32.2. The number of terminal acetylenes is 1. The molecule has 1 unspecified atom stereocenters. The second-order valence-corrected chi connectivity index (χ2v) is 4.73. The Hall–Kier alpha value is -0.130. The number of hydrogen-bond acceptors (Lipinski definition) is 2. The van der Waals surface area contributed by atoms with Crippen LogP contribution >= 0.6 is 11.8 Å². The lowest BCUT2D eigenvalue weighted by atomic mass is 10.1. The van der Waals surface area contributed by atoms with Crippen molar-refractivity contribution in [3.05, 3.63) is 0 Å².